The van der Waals surface area contributed by atoms with Crippen LogP contribution in [0.1, 0.15) is 30.4 Å². The predicted molar refractivity (Wildman–Crippen MR) is 129 cm³/mol. The van der Waals surface area contributed by atoms with E-state index >= 15 is 0 Å². The fourth-order valence-electron chi connectivity index (χ4n) is 4.07. The molecular formula is C26H32N2O6. The van der Waals surface area contributed by atoms with Gasteiger partial charge >= 0.3 is 6.09 Å². The Morgan fingerprint density at radius 3 is 2.71 bits per heavy atom. The number of piperidine rings is 1. The van der Waals surface area contributed by atoms with Crippen molar-refractivity contribution in [1.29, 1.82) is 0 Å². The third kappa shape index (κ3) is 5.88. The Morgan fingerprint density at radius 1 is 1.26 bits per heavy atom. The van der Waals surface area contributed by atoms with Crippen LogP contribution >= 0.6 is 0 Å². The van der Waals surface area contributed by atoms with Gasteiger partial charge in [0.1, 0.15) is 13.2 Å². The molecule has 3 rings (SSSR count). The summed E-state index contributed by atoms with van der Waals surface area (Å²) in [5.74, 6) is 0.912. The van der Waals surface area contributed by atoms with Crippen molar-refractivity contribution in [1.82, 2.24) is 4.90 Å². The molecule has 2 aromatic carbocycles. The second-order valence-electron chi connectivity index (χ2n) is 8.12. The van der Waals surface area contributed by atoms with E-state index in [1.165, 1.54) is 15.9 Å². The van der Waals surface area contributed by atoms with Crippen molar-refractivity contribution >= 4 is 18.2 Å². The number of benzene rings is 2. The molecule has 1 aliphatic rings. The molecule has 1 aliphatic heterocycles. The van der Waals surface area contributed by atoms with Crippen molar-refractivity contribution in [3.8, 4) is 11.5 Å². The van der Waals surface area contributed by atoms with Crippen LogP contribution in [0.15, 0.2) is 55.1 Å². The summed E-state index contributed by atoms with van der Waals surface area (Å²) < 4.78 is 16.8. The minimum absolute atomic E-state index is 0.0172. The van der Waals surface area contributed by atoms with Crippen LogP contribution in [-0.4, -0.2) is 55.0 Å². The molecule has 0 aromatic heterocycles. The van der Waals surface area contributed by atoms with E-state index in [0.717, 1.165) is 24.8 Å². The van der Waals surface area contributed by atoms with Crippen LogP contribution in [0, 0.1) is 6.92 Å². The number of methoxy groups -OCH3 is 1. The van der Waals surface area contributed by atoms with Gasteiger partial charge in [-0.1, -0.05) is 43.0 Å². The SMILES string of the molecule is C=CCOC(=O)N(c1cc(OCc2ccccc2)c(OC)cc1C)C(O)C1CCCCN1C=O. The van der Waals surface area contributed by atoms with Crippen LogP contribution in [0.4, 0.5) is 10.5 Å². The normalized spacial score (nSPS) is 16.3. The van der Waals surface area contributed by atoms with Crippen LogP contribution in [-0.2, 0) is 16.1 Å². The maximum Gasteiger partial charge on any atom is 0.416 e. The average molecular weight is 469 g/mol. The number of rotatable bonds is 10. The molecule has 0 saturated carbocycles. The Kier molecular flexibility index (Phi) is 8.93. The van der Waals surface area contributed by atoms with Gasteiger partial charge in [-0.05, 0) is 43.4 Å². The van der Waals surface area contributed by atoms with Crippen LogP contribution in [0.5, 0.6) is 11.5 Å². The molecule has 2 unspecified atom stereocenters. The largest absolute Gasteiger partial charge is 0.493 e. The van der Waals surface area contributed by atoms with Gasteiger partial charge in [0, 0.05) is 12.6 Å². The molecule has 182 valence electrons. The molecule has 8 nitrogen and oxygen atoms in total. The first-order chi connectivity index (χ1) is 16.5. The molecule has 1 saturated heterocycles. The lowest BCUT2D eigenvalue weighted by molar-refractivity contribution is -0.124. The van der Waals surface area contributed by atoms with Gasteiger partial charge in [-0.3, -0.25) is 4.79 Å². The average Bonchev–Trinajstić information content (AvgIpc) is 2.87. The first-order valence-corrected chi connectivity index (χ1v) is 11.3. The van der Waals surface area contributed by atoms with Crippen molar-refractivity contribution in [2.24, 2.45) is 0 Å². The second-order valence-corrected chi connectivity index (χ2v) is 8.12. The van der Waals surface area contributed by atoms with Gasteiger partial charge in [-0.15, -0.1) is 0 Å². The Labute approximate surface area is 200 Å². The van der Waals surface area contributed by atoms with E-state index < -0.39 is 18.4 Å². The van der Waals surface area contributed by atoms with Crippen LogP contribution in [0.3, 0.4) is 0 Å². The second kappa shape index (κ2) is 12.1. The Bertz CT molecular complexity index is 981. The van der Waals surface area contributed by atoms with E-state index in [4.69, 9.17) is 14.2 Å². The first-order valence-electron chi connectivity index (χ1n) is 11.3. The zero-order valence-electron chi connectivity index (χ0n) is 19.7. The van der Waals surface area contributed by atoms with Gasteiger partial charge in [0.05, 0.1) is 18.8 Å². The van der Waals surface area contributed by atoms with Gasteiger partial charge in [-0.25, -0.2) is 9.69 Å². The summed E-state index contributed by atoms with van der Waals surface area (Å²) in [7, 11) is 1.54. The Morgan fingerprint density at radius 2 is 2.03 bits per heavy atom. The maximum absolute atomic E-state index is 13.1. The number of ether oxygens (including phenoxy) is 3. The molecule has 2 atom stereocenters. The zero-order valence-corrected chi connectivity index (χ0v) is 19.7. The monoisotopic (exact) mass is 468 g/mol. The minimum Gasteiger partial charge on any atom is -0.493 e. The quantitative estimate of drug-likeness (QED) is 0.322. The van der Waals surface area contributed by atoms with E-state index in [0.29, 0.717) is 42.3 Å². The molecule has 1 heterocycles. The molecule has 8 heteroatoms. The molecule has 0 spiro atoms. The van der Waals surface area contributed by atoms with Crippen LogP contribution < -0.4 is 14.4 Å². The maximum atomic E-state index is 13.1. The van der Waals surface area contributed by atoms with Crippen molar-refractivity contribution in [2.75, 3.05) is 25.2 Å². The molecule has 1 fully saturated rings. The molecule has 2 aromatic rings. The molecule has 2 amide bonds. The van der Waals surface area contributed by atoms with Crippen molar-refractivity contribution < 1.29 is 28.9 Å². The van der Waals surface area contributed by atoms with Crippen molar-refractivity contribution in [2.45, 2.75) is 45.1 Å². The van der Waals surface area contributed by atoms with Crippen LogP contribution in [0.2, 0.25) is 0 Å². The van der Waals surface area contributed by atoms with E-state index in [2.05, 4.69) is 6.58 Å². The highest BCUT2D eigenvalue weighted by Gasteiger charge is 2.37. The number of likely N-dealkylation sites (tertiary alicyclic amines) is 1. The van der Waals surface area contributed by atoms with Crippen molar-refractivity contribution in [3.05, 3.63) is 66.2 Å². The fraction of sp³-hybridized carbons (Fsp3) is 0.385. The van der Waals surface area contributed by atoms with Gasteiger partial charge in [-0.2, -0.15) is 0 Å². The number of anilines is 1. The third-order valence-electron chi connectivity index (χ3n) is 5.84. The summed E-state index contributed by atoms with van der Waals surface area (Å²) in [5, 5.41) is 11.3. The summed E-state index contributed by atoms with van der Waals surface area (Å²) in [5.41, 5.74) is 2.05. The lowest BCUT2D eigenvalue weighted by Crippen LogP contribution is -2.55. The Balaban J connectivity index is 1.98. The van der Waals surface area contributed by atoms with Crippen molar-refractivity contribution in [3.63, 3.8) is 0 Å². The van der Waals surface area contributed by atoms with Crippen LogP contribution in [0.25, 0.3) is 0 Å². The molecule has 0 bridgehead atoms. The molecule has 0 aliphatic carbocycles. The zero-order chi connectivity index (χ0) is 24.5. The summed E-state index contributed by atoms with van der Waals surface area (Å²) >= 11 is 0. The minimum atomic E-state index is -1.31. The molecular weight excluding hydrogens is 436 g/mol. The smallest absolute Gasteiger partial charge is 0.416 e. The highest BCUT2D eigenvalue weighted by molar-refractivity contribution is 5.90. The number of aryl methyl sites for hydroxylation is 1. The summed E-state index contributed by atoms with van der Waals surface area (Å²) in [6.45, 7) is 6.19. The first kappa shape index (κ1) is 25.1. The summed E-state index contributed by atoms with van der Waals surface area (Å²) in [4.78, 5) is 27.4. The molecule has 34 heavy (non-hydrogen) atoms. The molecule has 1 N–H and O–H groups in total. The van der Waals surface area contributed by atoms with E-state index in [9.17, 15) is 14.7 Å². The number of carbonyl (C=O) groups excluding carboxylic acids is 2. The number of hydrogen-bond donors (Lipinski definition) is 1. The highest BCUT2D eigenvalue weighted by Crippen LogP contribution is 2.37. The standard InChI is InChI=1S/C26H32N2O6/c1-4-14-33-26(31)28(25(30)21-12-8-9-13-27(21)18-29)22-16-24(23(32-3)15-19(22)2)34-17-20-10-6-5-7-11-20/h4-7,10-11,15-16,18,21,25,30H,1,8-9,12-14,17H2,2-3H3. The topological polar surface area (TPSA) is 88.5 Å². The van der Waals surface area contributed by atoms with Gasteiger partial charge < -0.3 is 24.2 Å². The third-order valence-corrected chi connectivity index (χ3v) is 5.84. The number of nitrogens with zero attached hydrogens (tertiary/aromatic N) is 2. The Hall–Kier alpha value is -3.52. The fourth-order valence-corrected chi connectivity index (χ4v) is 4.07. The number of carbonyl (C=O) groups is 2. The molecule has 0 radical (unpaired) electrons. The van der Waals surface area contributed by atoms with E-state index in [1.54, 1.807) is 26.2 Å². The predicted octanol–water partition coefficient (Wildman–Crippen LogP) is 4.04. The number of aliphatic hydroxyl groups excluding tert-OH is 1. The summed E-state index contributed by atoms with van der Waals surface area (Å²) in [6, 6.07) is 12.5. The lowest BCUT2D eigenvalue weighted by Gasteiger charge is -2.40. The van der Waals surface area contributed by atoms with Gasteiger partial charge in [0.15, 0.2) is 17.7 Å². The lowest BCUT2D eigenvalue weighted by atomic mass is 10.00. The summed E-state index contributed by atoms with van der Waals surface area (Å²) in [6.07, 6.45) is 2.38. The highest BCUT2D eigenvalue weighted by atomic mass is 16.6. The van der Waals surface area contributed by atoms with Gasteiger partial charge in [0.25, 0.3) is 0 Å². The van der Waals surface area contributed by atoms with E-state index in [-0.39, 0.29) is 6.61 Å². The number of aliphatic hydroxyl groups is 1. The number of hydrogen-bond acceptors (Lipinski definition) is 6. The van der Waals surface area contributed by atoms with Gasteiger partial charge in [0.2, 0.25) is 6.41 Å². The number of amides is 2. The van der Waals surface area contributed by atoms with E-state index in [1.807, 2.05) is 30.3 Å².